The molecule has 0 saturated carbocycles. The zero-order valence-corrected chi connectivity index (χ0v) is 13.1. The molecule has 21 heavy (non-hydrogen) atoms. The number of aryl methyl sites for hydroxylation is 1. The van der Waals surface area contributed by atoms with Crippen LogP contribution in [-0.4, -0.2) is 35.6 Å². The van der Waals surface area contributed by atoms with Crippen molar-refractivity contribution in [2.24, 2.45) is 16.8 Å². The van der Waals surface area contributed by atoms with Gasteiger partial charge in [-0.2, -0.15) is 0 Å². The fraction of sp³-hybridized carbons (Fsp3) is 0.588. The first-order valence-electron chi connectivity index (χ1n) is 7.93. The van der Waals surface area contributed by atoms with Crippen LogP contribution in [0.4, 0.5) is 0 Å². The standard InChI is InChI=1S/C17H27N3O/c1-3-20(11-13(2)17(18)19-21)12-15-9-6-8-14-7-4-5-10-16(14)15/h4-5,7,10,13,15,21H,3,6,8-9,11-12H2,1-2H3,(H2,18,19). The second-order valence-electron chi connectivity index (χ2n) is 6.07. The Labute approximate surface area is 127 Å². The van der Waals surface area contributed by atoms with Gasteiger partial charge in [-0.25, -0.2) is 0 Å². The second-order valence-corrected chi connectivity index (χ2v) is 6.07. The molecule has 0 aromatic heterocycles. The summed E-state index contributed by atoms with van der Waals surface area (Å²) in [5.74, 6) is 1.00. The maximum absolute atomic E-state index is 8.79. The van der Waals surface area contributed by atoms with Gasteiger partial charge in [0.05, 0.1) is 0 Å². The Balaban J connectivity index is 2.03. The Morgan fingerprint density at radius 1 is 1.48 bits per heavy atom. The molecule has 1 aromatic carbocycles. The average molecular weight is 289 g/mol. The van der Waals surface area contributed by atoms with Crippen LogP contribution in [-0.2, 0) is 6.42 Å². The second kappa shape index (κ2) is 7.46. The number of rotatable bonds is 6. The van der Waals surface area contributed by atoms with Crippen LogP contribution >= 0.6 is 0 Å². The van der Waals surface area contributed by atoms with Gasteiger partial charge in [-0.15, -0.1) is 0 Å². The van der Waals surface area contributed by atoms with E-state index in [0.29, 0.717) is 11.8 Å². The topological polar surface area (TPSA) is 61.8 Å². The summed E-state index contributed by atoms with van der Waals surface area (Å²) < 4.78 is 0. The largest absolute Gasteiger partial charge is 0.409 e. The zero-order valence-electron chi connectivity index (χ0n) is 13.1. The molecular weight excluding hydrogens is 262 g/mol. The molecule has 2 rings (SSSR count). The van der Waals surface area contributed by atoms with Crippen LogP contribution in [0.1, 0.15) is 43.7 Å². The van der Waals surface area contributed by atoms with Crippen molar-refractivity contribution in [3.05, 3.63) is 35.4 Å². The molecule has 0 aliphatic heterocycles. The molecule has 3 N–H and O–H groups in total. The summed E-state index contributed by atoms with van der Waals surface area (Å²) in [5, 5.41) is 11.9. The van der Waals surface area contributed by atoms with E-state index in [9.17, 15) is 0 Å². The number of nitrogens with two attached hydrogens (primary N) is 1. The van der Waals surface area contributed by atoms with E-state index in [2.05, 4.69) is 41.2 Å². The number of amidine groups is 1. The molecule has 0 saturated heterocycles. The Hall–Kier alpha value is -1.55. The van der Waals surface area contributed by atoms with E-state index in [1.54, 1.807) is 0 Å². The number of nitrogens with zero attached hydrogens (tertiary/aromatic N) is 2. The lowest BCUT2D eigenvalue weighted by atomic mass is 9.82. The molecule has 116 valence electrons. The predicted octanol–water partition coefficient (Wildman–Crippen LogP) is 2.81. The minimum Gasteiger partial charge on any atom is -0.409 e. The smallest absolute Gasteiger partial charge is 0.143 e. The summed E-state index contributed by atoms with van der Waals surface area (Å²) in [4.78, 5) is 2.41. The normalized spacial score (nSPS) is 20.3. The summed E-state index contributed by atoms with van der Waals surface area (Å²) >= 11 is 0. The molecule has 0 heterocycles. The van der Waals surface area contributed by atoms with Gasteiger partial charge in [0.2, 0.25) is 0 Å². The van der Waals surface area contributed by atoms with Crippen molar-refractivity contribution in [1.82, 2.24) is 4.90 Å². The van der Waals surface area contributed by atoms with Gasteiger partial charge in [0, 0.05) is 19.0 Å². The lowest BCUT2D eigenvalue weighted by molar-refractivity contribution is 0.242. The Morgan fingerprint density at radius 2 is 2.24 bits per heavy atom. The van der Waals surface area contributed by atoms with Crippen LogP contribution in [0.25, 0.3) is 0 Å². The molecule has 0 bridgehead atoms. The van der Waals surface area contributed by atoms with Gasteiger partial charge >= 0.3 is 0 Å². The van der Waals surface area contributed by atoms with Gasteiger partial charge in [0.1, 0.15) is 5.84 Å². The highest BCUT2D eigenvalue weighted by Crippen LogP contribution is 2.32. The number of hydrogen-bond donors (Lipinski definition) is 2. The van der Waals surface area contributed by atoms with Gasteiger partial charge in [0.15, 0.2) is 0 Å². The van der Waals surface area contributed by atoms with Gasteiger partial charge in [-0.1, -0.05) is 43.3 Å². The third-order valence-electron chi connectivity index (χ3n) is 4.57. The highest BCUT2D eigenvalue weighted by atomic mass is 16.4. The molecule has 1 aromatic rings. The van der Waals surface area contributed by atoms with Gasteiger partial charge in [-0.3, -0.25) is 0 Å². The van der Waals surface area contributed by atoms with Gasteiger partial charge in [0.25, 0.3) is 0 Å². The predicted molar refractivity (Wildman–Crippen MR) is 86.8 cm³/mol. The average Bonchev–Trinajstić information content (AvgIpc) is 2.53. The van der Waals surface area contributed by atoms with Crippen LogP contribution in [0.2, 0.25) is 0 Å². The molecule has 0 radical (unpaired) electrons. The molecule has 1 aliphatic carbocycles. The Morgan fingerprint density at radius 3 is 2.95 bits per heavy atom. The van der Waals surface area contributed by atoms with Crippen molar-refractivity contribution in [2.45, 2.75) is 39.0 Å². The van der Waals surface area contributed by atoms with E-state index in [1.807, 2.05) is 6.92 Å². The van der Waals surface area contributed by atoms with Gasteiger partial charge < -0.3 is 15.8 Å². The molecule has 2 atom stereocenters. The van der Waals surface area contributed by atoms with Crippen LogP contribution in [0.15, 0.2) is 29.4 Å². The minimum atomic E-state index is 0.0776. The van der Waals surface area contributed by atoms with Crippen LogP contribution in [0.5, 0.6) is 0 Å². The van der Waals surface area contributed by atoms with Crippen LogP contribution in [0.3, 0.4) is 0 Å². The third-order valence-corrected chi connectivity index (χ3v) is 4.57. The van der Waals surface area contributed by atoms with Crippen molar-refractivity contribution in [2.75, 3.05) is 19.6 Å². The Bertz CT molecular complexity index is 487. The SMILES string of the molecule is CCN(CC(C)C(N)=NO)CC1CCCc2ccccc21. The van der Waals surface area contributed by atoms with E-state index in [1.165, 1.54) is 30.4 Å². The number of oxime groups is 1. The summed E-state index contributed by atoms with van der Waals surface area (Å²) in [5.41, 5.74) is 8.72. The zero-order chi connectivity index (χ0) is 15.2. The van der Waals surface area contributed by atoms with E-state index >= 15 is 0 Å². The van der Waals surface area contributed by atoms with Crippen molar-refractivity contribution < 1.29 is 5.21 Å². The molecule has 0 spiro atoms. The highest BCUT2D eigenvalue weighted by molar-refractivity contribution is 5.82. The third kappa shape index (κ3) is 3.97. The lowest BCUT2D eigenvalue weighted by Crippen LogP contribution is -2.37. The van der Waals surface area contributed by atoms with Crippen LogP contribution in [0, 0.1) is 5.92 Å². The number of benzene rings is 1. The number of fused-ring (bicyclic) bond motifs is 1. The lowest BCUT2D eigenvalue weighted by Gasteiger charge is -2.32. The number of hydrogen-bond acceptors (Lipinski definition) is 3. The summed E-state index contributed by atoms with van der Waals surface area (Å²) in [7, 11) is 0. The molecule has 0 amide bonds. The summed E-state index contributed by atoms with van der Waals surface area (Å²) in [6, 6.07) is 8.82. The molecule has 1 aliphatic rings. The quantitative estimate of drug-likeness (QED) is 0.366. The minimum absolute atomic E-state index is 0.0776. The fourth-order valence-electron chi connectivity index (χ4n) is 3.27. The van der Waals surface area contributed by atoms with Crippen molar-refractivity contribution in [3.63, 3.8) is 0 Å². The molecular formula is C17H27N3O. The van der Waals surface area contributed by atoms with E-state index in [0.717, 1.165) is 19.6 Å². The fourth-order valence-corrected chi connectivity index (χ4v) is 3.27. The van der Waals surface area contributed by atoms with E-state index in [-0.39, 0.29) is 5.92 Å². The molecule has 2 unspecified atom stereocenters. The number of likely N-dealkylation sites (N-methyl/N-ethyl adjacent to an activating group) is 1. The first-order chi connectivity index (χ1) is 10.2. The first-order valence-corrected chi connectivity index (χ1v) is 7.93. The Kier molecular flexibility index (Phi) is 5.62. The maximum Gasteiger partial charge on any atom is 0.143 e. The first kappa shape index (κ1) is 15.8. The van der Waals surface area contributed by atoms with E-state index < -0.39 is 0 Å². The maximum atomic E-state index is 8.79. The van der Waals surface area contributed by atoms with Crippen molar-refractivity contribution >= 4 is 5.84 Å². The summed E-state index contributed by atoms with van der Waals surface area (Å²) in [6.07, 6.45) is 3.74. The van der Waals surface area contributed by atoms with E-state index in [4.69, 9.17) is 10.9 Å². The van der Waals surface area contributed by atoms with Crippen molar-refractivity contribution in [1.29, 1.82) is 0 Å². The molecule has 4 heteroatoms. The highest BCUT2D eigenvalue weighted by Gasteiger charge is 2.23. The van der Waals surface area contributed by atoms with Gasteiger partial charge in [-0.05, 0) is 42.9 Å². The summed E-state index contributed by atoms with van der Waals surface area (Å²) in [6.45, 7) is 7.06. The van der Waals surface area contributed by atoms with Crippen LogP contribution < -0.4 is 5.73 Å². The monoisotopic (exact) mass is 289 g/mol. The van der Waals surface area contributed by atoms with Crippen molar-refractivity contribution in [3.8, 4) is 0 Å². The molecule has 0 fully saturated rings. The molecule has 4 nitrogen and oxygen atoms in total.